The molecule has 19 heavy (non-hydrogen) atoms. The van der Waals surface area contributed by atoms with Crippen molar-refractivity contribution < 1.29 is 9.59 Å². The molecule has 7 heteroatoms. The normalized spacial score (nSPS) is 15.7. The van der Waals surface area contributed by atoms with Gasteiger partial charge in [0.2, 0.25) is 5.91 Å². The van der Waals surface area contributed by atoms with Crippen molar-refractivity contribution in [1.29, 1.82) is 0 Å². The summed E-state index contributed by atoms with van der Waals surface area (Å²) < 4.78 is 0. The van der Waals surface area contributed by atoms with E-state index < -0.39 is 6.03 Å². The molecule has 1 aromatic carbocycles. The van der Waals surface area contributed by atoms with Gasteiger partial charge in [0.25, 0.3) is 0 Å². The molecule has 0 aliphatic carbocycles. The average molecular weight is 281 g/mol. The lowest BCUT2D eigenvalue weighted by molar-refractivity contribution is -0.118. The monoisotopic (exact) mass is 280 g/mol. The number of urea groups is 1. The van der Waals surface area contributed by atoms with Gasteiger partial charge in [0.1, 0.15) is 6.54 Å². The number of anilines is 1. The zero-order valence-corrected chi connectivity index (χ0v) is 11.3. The minimum absolute atomic E-state index is 0.0639. The maximum absolute atomic E-state index is 11.4. The first-order chi connectivity index (χ1) is 9.01. The zero-order valence-electron chi connectivity index (χ0n) is 10.5. The molecule has 0 radical (unpaired) electrons. The van der Waals surface area contributed by atoms with Crippen molar-refractivity contribution in [1.82, 2.24) is 10.3 Å². The van der Waals surface area contributed by atoms with Gasteiger partial charge in [-0.05, 0) is 25.1 Å². The van der Waals surface area contributed by atoms with Crippen LogP contribution in [0.15, 0.2) is 23.3 Å². The highest BCUT2D eigenvalue weighted by atomic mass is 35.5. The van der Waals surface area contributed by atoms with E-state index in [2.05, 4.69) is 15.7 Å². The van der Waals surface area contributed by atoms with Gasteiger partial charge in [-0.2, -0.15) is 5.10 Å². The van der Waals surface area contributed by atoms with Gasteiger partial charge in [-0.3, -0.25) is 10.1 Å². The summed E-state index contributed by atoms with van der Waals surface area (Å²) in [6.07, 6.45) is 0. The number of hydrazone groups is 1. The van der Waals surface area contributed by atoms with Crippen molar-refractivity contribution in [3.05, 3.63) is 28.8 Å². The van der Waals surface area contributed by atoms with Gasteiger partial charge < -0.3 is 5.32 Å². The lowest BCUT2D eigenvalue weighted by Crippen LogP contribution is -2.25. The van der Waals surface area contributed by atoms with Crippen LogP contribution >= 0.6 is 11.6 Å². The number of carbonyl (C=O) groups excluding carboxylic acids is 2. The maximum Gasteiger partial charge on any atom is 0.345 e. The Bertz CT molecular complexity index is 571. The second-order valence-electron chi connectivity index (χ2n) is 4.04. The Kier molecular flexibility index (Phi) is 3.71. The molecule has 1 saturated heterocycles. The van der Waals surface area contributed by atoms with E-state index in [0.29, 0.717) is 10.7 Å². The van der Waals surface area contributed by atoms with Crippen LogP contribution in [0.5, 0.6) is 0 Å². The molecule has 0 bridgehead atoms. The number of amides is 3. The molecule has 0 aromatic heterocycles. The second-order valence-corrected chi connectivity index (χ2v) is 4.47. The molecule has 1 fully saturated rings. The van der Waals surface area contributed by atoms with Crippen LogP contribution in [0.4, 0.5) is 10.5 Å². The van der Waals surface area contributed by atoms with E-state index in [1.165, 1.54) is 0 Å². The summed E-state index contributed by atoms with van der Waals surface area (Å²) in [6, 6.07) is 4.82. The SMILES string of the molecule is CNc1ccc(Cl)cc1/C(C)=N/N1CC(=O)NC1=O. The Hall–Kier alpha value is -2.08. The molecule has 1 aromatic rings. The minimum atomic E-state index is -0.516. The Morgan fingerprint density at radius 3 is 2.79 bits per heavy atom. The molecular formula is C12H13ClN4O2. The fourth-order valence-corrected chi connectivity index (χ4v) is 1.95. The average Bonchev–Trinajstić information content (AvgIpc) is 2.67. The fraction of sp³-hybridized carbons (Fsp3) is 0.250. The number of rotatable bonds is 3. The third-order valence-corrected chi connectivity index (χ3v) is 2.92. The number of halogens is 1. The van der Waals surface area contributed by atoms with Gasteiger partial charge in [-0.1, -0.05) is 11.6 Å². The molecular weight excluding hydrogens is 268 g/mol. The van der Waals surface area contributed by atoms with Crippen LogP contribution in [0.2, 0.25) is 5.02 Å². The van der Waals surface area contributed by atoms with Crippen LogP contribution in [-0.2, 0) is 4.79 Å². The minimum Gasteiger partial charge on any atom is -0.388 e. The topological polar surface area (TPSA) is 73.8 Å². The van der Waals surface area contributed by atoms with Crippen molar-refractivity contribution >= 4 is 34.9 Å². The highest BCUT2D eigenvalue weighted by molar-refractivity contribution is 6.31. The van der Waals surface area contributed by atoms with Gasteiger partial charge in [0, 0.05) is 23.3 Å². The van der Waals surface area contributed by atoms with Crippen LogP contribution < -0.4 is 10.6 Å². The smallest absolute Gasteiger partial charge is 0.345 e. The molecule has 3 amide bonds. The van der Waals surface area contributed by atoms with Crippen LogP contribution in [-0.4, -0.2) is 36.3 Å². The quantitative estimate of drug-likeness (QED) is 0.653. The van der Waals surface area contributed by atoms with Gasteiger partial charge in [-0.15, -0.1) is 0 Å². The van der Waals surface area contributed by atoms with E-state index in [1.807, 2.05) is 6.07 Å². The first kappa shape index (κ1) is 13.4. The summed E-state index contributed by atoms with van der Waals surface area (Å²) in [5, 5.41) is 11.0. The first-order valence-corrected chi connectivity index (χ1v) is 6.03. The van der Waals surface area contributed by atoms with E-state index in [4.69, 9.17) is 11.6 Å². The lowest BCUT2D eigenvalue weighted by atomic mass is 10.1. The van der Waals surface area contributed by atoms with Gasteiger partial charge in [-0.25, -0.2) is 9.80 Å². The summed E-state index contributed by atoms with van der Waals surface area (Å²) in [4.78, 5) is 22.5. The second kappa shape index (κ2) is 5.27. The first-order valence-electron chi connectivity index (χ1n) is 5.65. The molecule has 2 N–H and O–H groups in total. The number of nitrogens with zero attached hydrogens (tertiary/aromatic N) is 2. The van der Waals surface area contributed by atoms with Crippen LogP contribution in [0.25, 0.3) is 0 Å². The highest BCUT2D eigenvalue weighted by Crippen LogP contribution is 2.21. The predicted octanol–water partition coefficient (Wildman–Crippen LogP) is 1.66. The van der Waals surface area contributed by atoms with Crippen molar-refractivity contribution in [2.45, 2.75) is 6.92 Å². The Morgan fingerprint density at radius 2 is 2.21 bits per heavy atom. The summed E-state index contributed by atoms with van der Waals surface area (Å²) in [7, 11) is 1.78. The van der Waals surface area contributed by atoms with E-state index in [-0.39, 0.29) is 12.5 Å². The molecule has 0 saturated carbocycles. The van der Waals surface area contributed by atoms with Gasteiger partial charge in [0.05, 0.1) is 5.71 Å². The number of hydrogen-bond donors (Lipinski definition) is 2. The summed E-state index contributed by atoms with van der Waals surface area (Å²) in [5.74, 6) is -0.360. The van der Waals surface area contributed by atoms with Crippen molar-refractivity contribution in [3.8, 4) is 0 Å². The van der Waals surface area contributed by atoms with Crippen LogP contribution in [0.3, 0.4) is 0 Å². The van der Waals surface area contributed by atoms with Crippen molar-refractivity contribution in [2.24, 2.45) is 5.10 Å². The van der Waals surface area contributed by atoms with Gasteiger partial charge >= 0.3 is 6.03 Å². The Morgan fingerprint density at radius 1 is 1.47 bits per heavy atom. The molecule has 1 aliphatic rings. The Balaban J connectivity index is 2.33. The molecule has 1 aliphatic heterocycles. The predicted molar refractivity (Wildman–Crippen MR) is 73.5 cm³/mol. The molecule has 0 spiro atoms. The summed E-state index contributed by atoms with van der Waals surface area (Å²) >= 11 is 5.96. The maximum atomic E-state index is 11.4. The number of hydrogen-bond acceptors (Lipinski definition) is 4. The molecule has 1 heterocycles. The third-order valence-electron chi connectivity index (χ3n) is 2.69. The van der Waals surface area contributed by atoms with Gasteiger partial charge in [0.15, 0.2) is 0 Å². The largest absolute Gasteiger partial charge is 0.388 e. The van der Waals surface area contributed by atoms with Crippen molar-refractivity contribution in [3.63, 3.8) is 0 Å². The standard InChI is InChI=1S/C12H13ClN4O2/c1-7(16-17-6-11(18)15-12(17)19)9-5-8(13)3-4-10(9)14-2/h3-5,14H,6H2,1-2H3,(H,15,18,19)/b16-7+. The number of nitrogens with one attached hydrogen (secondary N) is 2. The van der Waals surface area contributed by atoms with Crippen molar-refractivity contribution in [2.75, 3.05) is 18.9 Å². The van der Waals surface area contributed by atoms with E-state index >= 15 is 0 Å². The Labute approximate surface area is 115 Å². The number of carbonyl (C=O) groups is 2. The summed E-state index contributed by atoms with van der Waals surface area (Å²) in [6.45, 7) is 1.69. The number of benzene rings is 1. The van der Waals surface area contributed by atoms with E-state index in [1.54, 1.807) is 26.1 Å². The zero-order chi connectivity index (χ0) is 14.0. The molecule has 100 valence electrons. The van der Waals surface area contributed by atoms with E-state index in [0.717, 1.165) is 16.3 Å². The highest BCUT2D eigenvalue weighted by Gasteiger charge is 2.26. The summed E-state index contributed by atoms with van der Waals surface area (Å²) in [5.41, 5.74) is 2.22. The van der Waals surface area contributed by atoms with Crippen LogP contribution in [0.1, 0.15) is 12.5 Å². The molecule has 6 nitrogen and oxygen atoms in total. The van der Waals surface area contributed by atoms with Crippen LogP contribution in [0, 0.1) is 0 Å². The lowest BCUT2D eigenvalue weighted by Gasteiger charge is -2.12. The van der Waals surface area contributed by atoms with E-state index in [9.17, 15) is 9.59 Å². The third kappa shape index (κ3) is 2.85. The number of imide groups is 1. The molecule has 0 unspecified atom stereocenters. The molecule has 2 rings (SSSR count). The molecule has 0 atom stereocenters. The fourth-order valence-electron chi connectivity index (χ4n) is 1.78.